The van der Waals surface area contributed by atoms with Crippen molar-refractivity contribution in [1.29, 1.82) is 0 Å². The van der Waals surface area contributed by atoms with Crippen LogP contribution in [0.5, 0.6) is 0 Å². The molecule has 0 spiro atoms. The summed E-state index contributed by atoms with van der Waals surface area (Å²) in [5.41, 5.74) is 0.679. The summed E-state index contributed by atoms with van der Waals surface area (Å²) >= 11 is 7.45. The van der Waals surface area contributed by atoms with E-state index in [1.807, 2.05) is 0 Å². The monoisotopic (exact) mass is 490 g/mol. The largest absolute Gasteiger partial charge is 0.351 e. The van der Waals surface area contributed by atoms with Crippen LogP contribution in [0.1, 0.15) is 10.4 Å². The fourth-order valence-electron chi connectivity index (χ4n) is 3.54. The number of piperazine rings is 1. The molecule has 33 heavy (non-hydrogen) atoms. The summed E-state index contributed by atoms with van der Waals surface area (Å²) in [6.45, 7) is 4.02. The lowest BCUT2D eigenvalue weighted by atomic mass is 10.2. The molecule has 172 valence electrons. The number of amides is 1. The molecule has 0 bridgehead atoms. The molecule has 13 heteroatoms. The number of hydrogen-bond acceptors (Lipinski definition) is 9. The Hall–Kier alpha value is -3.35. The molecule has 1 amide bonds. The molecular formula is C20H19ClN6O5S. The molecule has 0 saturated carbocycles. The number of aromatic nitrogens is 1. The Morgan fingerprint density at radius 3 is 2.42 bits per heavy atom. The van der Waals surface area contributed by atoms with Crippen LogP contribution in [0, 0.1) is 20.2 Å². The first-order chi connectivity index (χ1) is 15.8. The fraction of sp³-hybridized carbons (Fsp3) is 0.300. The van der Waals surface area contributed by atoms with Crippen LogP contribution in [0.4, 0.5) is 16.5 Å². The maximum atomic E-state index is 12.4. The van der Waals surface area contributed by atoms with Gasteiger partial charge in [0.1, 0.15) is 0 Å². The highest BCUT2D eigenvalue weighted by molar-refractivity contribution is 7.22. The average Bonchev–Trinajstić information content (AvgIpc) is 3.23. The summed E-state index contributed by atoms with van der Waals surface area (Å²) in [7, 11) is 0. The van der Waals surface area contributed by atoms with Gasteiger partial charge in [0.05, 0.1) is 30.6 Å². The molecule has 2 aromatic carbocycles. The normalized spacial score (nSPS) is 14.4. The Labute approximate surface area is 196 Å². The van der Waals surface area contributed by atoms with Crippen LogP contribution in [0.3, 0.4) is 0 Å². The molecule has 1 aromatic heterocycles. The molecule has 1 fully saturated rings. The topological polar surface area (TPSA) is 135 Å². The lowest BCUT2D eigenvalue weighted by Gasteiger charge is -2.34. The van der Waals surface area contributed by atoms with E-state index in [0.29, 0.717) is 13.1 Å². The quantitative estimate of drug-likeness (QED) is 0.393. The van der Waals surface area contributed by atoms with Crippen molar-refractivity contribution < 1.29 is 14.6 Å². The Kier molecular flexibility index (Phi) is 6.67. The van der Waals surface area contributed by atoms with Gasteiger partial charge in [-0.15, -0.1) is 0 Å². The minimum atomic E-state index is -0.570. The number of halogens is 1. The third kappa shape index (κ3) is 5.18. The van der Waals surface area contributed by atoms with E-state index in [1.165, 1.54) is 35.6 Å². The van der Waals surface area contributed by atoms with E-state index >= 15 is 0 Å². The highest BCUT2D eigenvalue weighted by atomic mass is 35.5. The van der Waals surface area contributed by atoms with E-state index in [1.54, 1.807) is 12.1 Å². The number of carbonyl (C=O) groups is 1. The van der Waals surface area contributed by atoms with Crippen LogP contribution in [0.2, 0.25) is 5.02 Å². The molecule has 1 saturated heterocycles. The summed E-state index contributed by atoms with van der Waals surface area (Å²) in [6.07, 6.45) is 0. The first-order valence-corrected chi connectivity index (χ1v) is 11.3. The molecule has 2 heterocycles. The Morgan fingerprint density at radius 2 is 1.73 bits per heavy atom. The summed E-state index contributed by atoms with van der Waals surface area (Å²) in [5, 5.41) is 25.6. The second-order valence-electron chi connectivity index (χ2n) is 7.41. The van der Waals surface area contributed by atoms with E-state index < -0.39 is 15.8 Å². The molecule has 1 N–H and O–H groups in total. The molecule has 0 radical (unpaired) electrons. The molecule has 0 unspecified atom stereocenters. The number of nitrogens with zero attached hydrogens (tertiary/aromatic N) is 5. The molecule has 0 atom stereocenters. The summed E-state index contributed by atoms with van der Waals surface area (Å²) in [4.78, 5) is 42.2. The van der Waals surface area contributed by atoms with Gasteiger partial charge in [0.2, 0.25) is 0 Å². The Morgan fingerprint density at radius 1 is 1.06 bits per heavy atom. The van der Waals surface area contributed by atoms with Crippen molar-refractivity contribution >= 4 is 55.6 Å². The van der Waals surface area contributed by atoms with Crippen LogP contribution in [-0.2, 0) is 0 Å². The Bertz CT molecular complexity index is 1230. The summed E-state index contributed by atoms with van der Waals surface area (Å²) < 4.78 is 0.782. The number of carbonyl (C=O) groups excluding carboxylic acids is 1. The van der Waals surface area contributed by atoms with E-state index in [9.17, 15) is 25.0 Å². The van der Waals surface area contributed by atoms with Crippen LogP contribution >= 0.6 is 22.9 Å². The number of thiazole rings is 1. The number of nitro benzene ring substituents is 2. The van der Waals surface area contributed by atoms with Crippen molar-refractivity contribution in [3.8, 4) is 0 Å². The van der Waals surface area contributed by atoms with Crippen molar-refractivity contribution in [3.63, 3.8) is 0 Å². The number of nitrogens with one attached hydrogen (secondary N) is 1. The third-order valence-corrected chi connectivity index (χ3v) is 6.74. The van der Waals surface area contributed by atoms with Gasteiger partial charge in [-0.2, -0.15) is 0 Å². The molecule has 1 aliphatic heterocycles. The third-order valence-electron chi connectivity index (χ3n) is 5.33. The zero-order valence-corrected chi connectivity index (χ0v) is 18.8. The average molecular weight is 491 g/mol. The minimum absolute atomic E-state index is 0.0518. The first-order valence-electron chi connectivity index (χ1n) is 10.1. The number of hydrogen-bond donors (Lipinski definition) is 1. The molecule has 4 rings (SSSR count). The Balaban J connectivity index is 1.28. The maximum Gasteiger partial charge on any atom is 0.270 e. The predicted octanol–water partition coefficient (Wildman–Crippen LogP) is 3.32. The second kappa shape index (κ2) is 9.65. The van der Waals surface area contributed by atoms with Crippen molar-refractivity contribution in [3.05, 3.63) is 67.2 Å². The highest BCUT2D eigenvalue weighted by Gasteiger charge is 2.21. The van der Waals surface area contributed by atoms with E-state index in [4.69, 9.17) is 11.6 Å². The standard InChI is InChI=1S/C20H19ClN6O5S/c21-16-3-1-13(26(29)30)11-15(16)19(28)22-5-6-24-7-9-25(10-8-24)20-23-17-4-2-14(27(31)32)12-18(17)33-20/h1-4,11-12H,5-10H2,(H,22,28). The van der Waals surface area contributed by atoms with Gasteiger partial charge >= 0.3 is 0 Å². The highest BCUT2D eigenvalue weighted by Crippen LogP contribution is 2.31. The van der Waals surface area contributed by atoms with Gasteiger partial charge in [-0.25, -0.2) is 4.98 Å². The number of anilines is 1. The number of benzene rings is 2. The number of nitro groups is 2. The minimum Gasteiger partial charge on any atom is -0.351 e. The molecule has 3 aromatic rings. The zero-order valence-electron chi connectivity index (χ0n) is 17.3. The summed E-state index contributed by atoms with van der Waals surface area (Å²) in [5.74, 6) is -0.453. The lowest BCUT2D eigenvalue weighted by Crippen LogP contribution is -2.48. The van der Waals surface area contributed by atoms with E-state index in [2.05, 4.69) is 20.1 Å². The zero-order chi connectivity index (χ0) is 23.5. The van der Waals surface area contributed by atoms with E-state index in [-0.39, 0.29) is 22.0 Å². The lowest BCUT2D eigenvalue weighted by molar-refractivity contribution is -0.385. The van der Waals surface area contributed by atoms with Crippen LogP contribution < -0.4 is 10.2 Å². The van der Waals surface area contributed by atoms with Gasteiger partial charge < -0.3 is 10.2 Å². The molecular weight excluding hydrogens is 472 g/mol. The molecule has 11 nitrogen and oxygen atoms in total. The molecule has 0 aliphatic carbocycles. The van der Waals surface area contributed by atoms with Gasteiger partial charge in [-0.05, 0) is 12.1 Å². The predicted molar refractivity (Wildman–Crippen MR) is 125 cm³/mol. The number of non-ortho nitro benzene ring substituents is 2. The van der Waals surface area contributed by atoms with Crippen LogP contribution in [-0.4, -0.2) is 64.9 Å². The van der Waals surface area contributed by atoms with Crippen molar-refractivity contribution in [2.75, 3.05) is 44.2 Å². The van der Waals surface area contributed by atoms with Gasteiger partial charge in [-0.3, -0.25) is 29.9 Å². The smallest absolute Gasteiger partial charge is 0.270 e. The first kappa shape index (κ1) is 22.8. The van der Waals surface area contributed by atoms with Crippen LogP contribution in [0.15, 0.2) is 36.4 Å². The van der Waals surface area contributed by atoms with Gasteiger partial charge in [0, 0.05) is 63.5 Å². The second-order valence-corrected chi connectivity index (χ2v) is 8.83. The van der Waals surface area contributed by atoms with Crippen molar-refractivity contribution in [2.24, 2.45) is 0 Å². The summed E-state index contributed by atoms with van der Waals surface area (Å²) in [6, 6.07) is 8.43. The van der Waals surface area contributed by atoms with Gasteiger partial charge in [0.25, 0.3) is 17.3 Å². The van der Waals surface area contributed by atoms with Crippen molar-refractivity contribution in [1.82, 2.24) is 15.2 Å². The molecule has 1 aliphatic rings. The van der Waals surface area contributed by atoms with E-state index in [0.717, 1.165) is 41.5 Å². The maximum absolute atomic E-state index is 12.4. The number of fused-ring (bicyclic) bond motifs is 1. The van der Waals surface area contributed by atoms with Crippen molar-refractivity contribution in [2.45, 2.75) is 0 Å². The van der Waals surface area contributed by atoms with Gasteiger partial charge in [0.15, 0.2) is 5.13 Å². The van der Waals surface area contributed by atoms with Gasteiger partial charge in [-0.1, -0.05) is 22.9 Å². The fourth-order valence-corrected chi connectivity index (χ4v) is 4.79. The number of rotatable bonds is 7. The SMILES string of the molecule is O=C(NCCN1CCN(c2nc3ccc([N+](=O)[O-])cc3s2)CC1)c1cc([N+](=O)[O-])ccc1Cl. The van der Waals surface area contributed by atoms with Crippen LogP contribution in [0.25, 0.3) is 10.2 Å².